The smallest absolute Gasteiger partial charge is 0.178 e. The molecule has 3 rings (SSSR count). The van der Waals surface area contributed by atoms with Gasteiger partial charge in [-0.05, 0) is 38.8 Å². The van der Waals surface area contributed by atoms with E-state index in [9.17, 15) is 0 Å². The maximum atomic E-state index is 5.79. The van der Waals surface area contributed by atoms with Crippen LogP contribution in [0, 0.1) is 6.92 Å². The summed E-state index contributed by atoms with van der Waals surface area (Å²) >= 11 is 0. The third-order valence-electron chi connectivity index (χ3n) is 3.04. The second kappa shape index (κ2) is 3.56. The molecule has 0 bridgehead atoms. The predicted molar refractivity (Wildman–Crippen MR) is 61.1 cm³/mol. The highest BCUT2D eigenvalue weighted by atomic mass is 16.5. The number of rotatable bonds is 1. The second-order valence-electron chi connectivity index (χ2n) is 4.46. The Kier molecular flexibility index (Phi) is 2.17. The number of hydrogen-bond donors (Lipinski definition) is 1. The summed E-state index contributed by atoms with van der Waals surface area (Å²) in [4.78, 5) is 12.2. The van der Waals surface area contributed by atoms with Crippen molar-refractivity contribution in [2.75, 3.05) is 0 Å². The molecule has 1 fully saturated rings. The topological polar surface area (TPSA) is 50.8 Å². The van der Waals surface area contributed by atoms with Crippen molar-refractivity contribution in [2.45, 2.75) is 38.9 Å². The van der Waals surface area contributed by atoms with Crippen molar-refractivity contribution in [3.05, 3.63) is 23.7 Å². The van der Waals surface area contributed by atoms with Gasteiger partial charge in [0, 0.05) is 5.69 Å². The lowest BCUT2D eigenvalue weighted by Gasteiger charge is -2.06. The molecule has 4 nitrogen and oxygen atoms in total. The predicted octanol–water partition coefficient (Wildman–Crippen LogP) is 2.51. The first-order chi connectivity index (χ1) is 7.72. The molecular formula is C12H15N3O. The van der Waals surface area contributed by atoms with Crippen molar-refractivity contribution >= 4 is 11.2 Å². The molecule has 1 aliphatic heterocycles. The Morgan fingerprint density at radius 3 is 2.94 bits per heavy atom. The average Bonchev–Trinajstić information content (AvgIpc) is 2.83. The minimum atomic E-state index is 0.115. The number of hydrogen-bond acceptors (Lipinski definition) is 3. The monoisotopic (exact) mass is 217 g/mol. The third kappa shape index (κ3) is 1.59. The Balaban J connectivity index is 1.99. The molecule has 0 aliphatic carbocycles. The lowest BCUT2D eigenvalue weighted by atomic mass is 10.2. The number of nitrogens with zero attached hydrogens (tertiary/aromatic N) is 2. The number of imidazole rings is 1. The Morgan fingerprint density at radius 2 is 2.19 bits per heavy atom. The first-order valence-corrected chi connectivity index (χ1v) is 5.71. The summed E-state index contributed by atoms with van der Waals surface area (Å²) in [6, 6.07) is 4.01. The number of nitrogens with one attached hydrogen (secondary N) is 1. The van der Waals surface area contributed by atoms with E-state index in [0.717, 1.165) is 35.5 Å². The zero-order chi connectivity index (χ0) is 11.1. The normalized spacial score (nSPS) is 25.4. The Hall–Kier alpha value is -1.42. The van der Waals surface area contributed by atoms with E-state index < -0.39 is 0 Å². The summed E-state index contributed by atoms with van der Waals surface area (Å²) in [6.45, 7) is 4.08. The fourth-order valence-corrected chi connectivity index (χ4v) is 2.16. The summed E-state index contributed by atoms with van der Waals surface area (Å²) in [6.07, 6.45) is 2.60. The minimum Gasteiger partial charge on any atom is -0.367 e. The van der Waals surface area contributed by atoms with E-state index >= 15 is 0 Å². The summed E-state index contributed by atoms with van der Waals surface area (Å²) in [5.41, 5.74) is 2.77. The van der Waals surface area contributed by atoms with Crippen LogP contribution in [-0.2, 0) is 4.74 Å². The van der Waals surface area contributed by atoms with Crippen LogP contribution in [0.3, 0.4) is 0 Å². The van der Waals surface area contributed by atoms with Crippen LogP contribution in [-0.4, -0.2) is 21.1 Å². The van der Waals surface area contributed by atoms with E-state index in [-0.39, 0.29) is 6.10 Å². The zero-order valence-electron chi connectivity index (χ0n) is 9.53. The average molecular weight is 217 g/mol. The molecule has 0 radical (unpaired) electrons. The molecule has 0 saturated carbocycles. The number of fused-ring (bicyclic) bond motifs is 1. The standard InChI is InChI=1S/C12H15N3O/c1-7-3-5-9-11(13-7)15-12(14-9)10-6-4-8(2)16-10/h3,5,8,10H,4,6H2,1-2H3,(H,13,14,15). The first kappa shape index (κ1) is 9.78. The van der Waals surface area contributed by atoms with Crippen molar-refractivity contribution in [3.63, 3.8) is 0 Å². The van der Waals surface area contributed by atoms with Crippen LogP contribution in [0.4, 0.5) is 0 Å². The van der Waals surface area contributed by atoms with Gasteiger partial charge in [-0.25, -0.2) is 9.97 Å². The van der Waals surface area contributed by atoms with Crippen LogP contribution < -0.4 is 0 Å². The first-order valence-electron chi connectivity index (χ1n) is 5.71. The Bertz CT molecular complexity index is 520. The molecule has 2 atom stereocenters. The van der Waals surface area contributed by atoms with Gasteiger partial charge in [0.1, 0.15) is 11.9 Å². The van der Waals surface area contributed by atoms with Crippen molar-refractivity contribution in [1.29, 1.82) is 0 Å². The quantitative estimate of drug-likeness (QED) is 0.798. The molecule has 1 aliphatic rings. The molecule has 0 aromatic carbocycles. The van der Waals surface area contributed by atoms with Gasteiger partial charge in [0.2, 0.25) is 0 Å². The molecule has 0 amide bonds. The Labute approximate surface area is 94.1 Å². The molecule has 0 spiro atoms. The lowest BCUT2D eigenvalue weighted by Crippen LogP contribution is -2.02. The third-order valence-corrected chi connectivity index (χ3v) is 3.04. The molecule has 1 N–H and O–H groups in total. The number of ether oxygens (including phenoxy) is 1. The van der Waals surface area contributed by atoms with Crippen LogP contribution in [0.5, 0.6) is 0 Å². The van der Waals surface area contributed by atoms with Crippen LogP contribution >= 0.6 is 0 Å². The summed E-state index contributed by atoms with van der Waals surface area (Å²) in [5, 5.41) is 0. The number of aromatic amines is 1. The molecule has 2 aromatic heterocycles. The molecule has 2 aromatic rings. The molecule has 84 valence electrons. The van der Waals surface area contributed by atoms with Gasteiger partial charge in [0.05, 0.1) is 11.6 Å². The highest BCUT2D eigenvalue weighted by molar-refractivity contribution is 5.70. The van der Waals surface area contributed by atoms with Crippen LogP contribution in [0.15, 0.2) is 12.1 Å². The Morgan fingerprint density at radius 1 is 1.31 bits per heavy atom. The van der Waals surface area contributed by atoms with E-state index in [1.165, 1.54) is 0 Å². The number of H-pyrrole nitrogens is 1. The van der Waals surface area contributed by atoms with Gasteiger partial charge in [-0.15, -0.1) is 0 Å². The van der Waals surface area contributed by atoms with Gasteiger partial charge in [0.15, 0.2) is 5.65 Å². The second-order valence-corrected chi connectivity index (χ2v) is 4.46. The molecule has 2 unspecified atom stereocenters. The lowest BCUT2D eigenvalue weighted by molar-refractivity contribution is 0.0510. The molecule has 16 heavy (non-hydrogen) atoms. The van der Waals surface area contributed by atoms with Crippen molar-refractivity contribution in [2.24, 2.45) is 0 Å². The molecular weight excluding hydrogens is 202 g/mol. The molecule has 3 heterocycles. The highest BCUT2D eigenvalue weighted by Crippen LogP contribution is 2.31. The molecule has 4 heteroatoms. The van der Waals surface area contributed by atoms with Crippen LogP contribution in [0.25, 0.3) is 11.2 Å². The van der Waals surface area contributed by atoms with E-state index in [1.807, 2.05) is 19.1 Å². The number of aryl methyl sites for hydroxylation is 1. The maximum absolute atomic E-state index is 5.79. The largest absolute Gasteiger partial charge is 0.367 e. The SMILES string of the molecule is Cc1ccc2[nH]c(C3CCC(C)O3)nc2n1. The fraction of sp³-hybridized carbons (Fsp3) is 0.500. The number of aromatic nitrogens is 3. The van der Waals surface area contributed by atoms with Crippen molar-refractivity contribution in [3.8, 4) is 0 Å². The van der Waals surface area contributed by atoms with E-state index in [4.69, 9.17) is 4.74 Å². The van der Waals surface area contributed by atoms with Gasteiger partial charge in [-0.2, -0.15) is 0 Å². The highest BCUT2D eigenvalue weighted by Gasteiger charge is 2.25. The maximum Gasteiger partial charge on any atom is 0.178 e. The van der Waals surface area contributed by atoms with E-state index in [1.54, 1.807) is 0 Å². The van der Waals surface area contributed by atoms with E-state index in [2.05, 4.69) is 21.9 Å². The van der Waals surface area contributed by atoms with Crippen molar-refractivity contribution < 1.29 is 4.74 Å². The van der Waals surface area contributed by atoms with Gasteiger partial charge >= 0.3 is 0 Å². The van der Waals surface area contributed by atoms with Gasteiger partial charge in [-0.1, -0.05) is 0 Å². The van der Waals surface area contributed by atoms with Gasteiger partial charge < -0.3 is 9.72 Å². The summed E-state index contributed by atoms with van der Waals surface area (Å²) < 4.78 is 5.79. The number of pyridine rings is 1. The van der Waals surface area contributed by atoms with Crippen LogP contribution in [0.2, 0.25) is 0 Å². The van der Waals surface area contributed by atoms with Crippen molar-refractivity contribution in [1.82, 2.24) is 15.0 Å². The van der Waals surface area contributed by atoms with E-state index in [0.29, 0.717) is 6.10 Å². The minimum absolute atomic E-state index is 0.115. The molecule has 1 saturated heterocycles. The fourth-order valence-electron chi connectivity index (χ4n) is 2.16. The summed E-state index contributed by atoms with van der Waals surface area (Å²) in [7, 11) is 0. The van der Waals surface area contributed by atoms with Gasteiger partial charge in [-0.3, -0.25) is 0 Å². The summed E-state index contributed by atoms with van der Waals surface area (Å²) in [5.74, 6) is 0.914. The van der Waals surface area contributed by atoms with Gasteiger partial charge in [0.25, 0.3) is 0 Å². The van der Waals surface area contributed by atoms with Crippen LogP contribution in [0.1, 0.15) is 37.4 Å². The zero-order valence-corrected chi connectivity index (χ0v) is 9.53.